The van der Waals surface area contributed by atoms with Gasteiger partial charge >= 0.3 is 0 Å². The lowest BCUT2D eigenvalue weighted by Gasteiger charge is -2.23. The van der Waals surface area contributed by atoms with Crippen LogP contribution in [0.4, 0.5) is 17.3 Å². The first-order valence-corrected chi connectivity index (χ1v) is 11.9. The number of hydrogen-bond donors (Lipinski definition) is 4. The summed E-state index contributed by atoms with van der Waals surface area (Å²) in [6.07, 6.45) is 8.06. The van der Waals surface area contributed by atoms with Gasteiger partial charge in [0.05, 0.1) is 12.6 Å². The summed E-state index contributed by atoms with van der Waals surface area (Å²) in [5, 5.41) is 17.2. The first-order chi connectivity index (χ1) is 16.6. The number of imide groups is 1. The molecular formula is C25H27N7O2. The maximum atomic E-state index is 12.0. The predicted molar refractivity (Wildman–Crippen MR) is 130 cm³/mol. The van der Waals surface area contributed by atoms with E-state index in [0.717, 1.165) is 37.4 Å². The number of rotatable bonds is 6. The highest BCUT2D eigenvalue weighted by molar-refractivity contribution is 6.15. The minimum atomic E-state index is -0.358. The summed E-state index contributed by atoms with van der Waals surface area (Å²) in [5.74, 6) is 1.51. The maximum absolute atomic E-state index is 12.0. The number of carbonyl (C=O) groups is 2. The fourth-order valence-corrected chi connectivity index (χ4v) is 4.64. The molecule has 4 N–H and O–H groups in total. The molecule has 174 valence electrons. The number of piperidine rings is 1. The number of nitrogens with zero attached hydrogens (tertiary/aromatic N) is 3. The average molecular weight is 458 g/mol. The Morgan fingerprint density at radius 1 is 1.06 bits per heavy atom. The molecule has 0 radical (unpaired) electrons. The zero-order chi connectivity index (χ0) is 23.1. The molecule has 9 heteroatoms. The molecule has 1 saturated carbocycles. The number of hydrogen-bond acceptors (Lipinski definition) is 7. The standard InChI is InChI=1S/C25H27N7O2/c33-23-12-17(25(34)31-23)11-18-14-27-32-22(29-20-5-6-20)13-21(30-24(18)32)28-19-3-1-15(2-4-19)16-7-9-26-10-8-16/h1-4,11,13-14,16,20,26,29H,5-10,12H2,(H,28,30)(H,31,33,34)/b17-11+. The summed E-state index contributed by atoms with van der Waals surface area (Å²) >= 11 is 0. The molecule has 3 aliphatic rings. The molecule has 1 aliphatic carbocycles. The molecule has 0 atom stereocenters. The summed E-state index contributed by atoms with van der Waals surface area (Å²) in [4.78, 5) is 28.4. The summed E-state index contributed by atoms with van der Waals surface area (Å²) in [6.45, 7) is 2.15. The number of amides is 2. The highest BCUT2D eigenvalue weighted by atomic mass is 16.2. The zero-order valence-electron chi connectivity index (χ0n) is 18.8. The van der Waals surface area contributed by atoms with Gasteiger partial charge in [0.15, 0.2) is 5.65 Å². The van der Waals surface area contributed by atoms with Gasteiger partial charge in [-0.1, -0.05) is 12.1 Å². The number of aromatic nitrogens is 3. The van der Waals surface area contributed by atoms with E-state index in [-0.39, 0.29) is 18.2 Å². The summed E-state index contributed by atoms with van der Waals surface area (Å²) in [6, 6.07) is 11.0. The highest BCUT2D eigenvalue weighted by Gasteiger charge is 2.26. The van der Waals surface area contributed by atoms with Crippen LogP contribution < -0.4 is 21.3 Å². The SMILES string of the molecule is O=C1C/C(=C\c2cnn3c(NC4CC4)cc(Nc4ccc(C5CCNCC5)cc4)nc23)C(=O)N1. The molecule has 0 bridgehead atoms. The van der Waals surface area contributed by atoms with Crippen LogP contribution in [0.1, 0.15) is 49.1 Å². The molecule has 3 fully saturated rings. The zero-order valence-corrected chi connectivity index (χ0v) is 18.8. The molecule has 0 unspecified atom stereocenters. The molecule has 2 saturated heterocycles. The Morgan fingerprint density at radius 3 is 2.56 bits per heavy atom. The van der Waals surface area contributed by atoms with Crippen molar-refractivity contribution in [3.8, 4) is 0 Å². The Kier molecular flexibility index (Phi) is 5.26. The monoisotopic (exact) mass is 457 g/mol. The molecule has 3 aromatic rings. The number of nitrogens with one attached hydrogen (secondary N) is 4. The van der Waals surface area contributed by atoms with E-state index in [1.807, 2.05) is 6.07 Å². The Hall–Kier alpha value is -3.72. The van der Waals surface area contributed by atoms with Gasteiger partial charge < -0.3 is 16.0 Å². The van der Waals surface area contributed by atoms with Gasteiger partial charge in [-0.25, -0.2) is 4.98 Å². The van der Waals surface area contributed by atoms with E-state index in [2.05, 4.69) is 50.6 Å². The minimum Gasteiger partial charge on any atom is -0.367 e. The molecule has 2 amide bonds. The van der Waals surface area contributed by atoms with E-state index < -0.39 is 0 Å². The second-order valence-electron chi connectivity index (χ2n) is 9.28. The van der Waals surface area contributed by atoms with Crippen molar-refractivity contribution in [1.82, 2.24) is 25.2 Å². The predicted octanol–water partition coefficient (Wildman–Crippen LogP) is 2.94. The molecule has 4 heterocycles. The second kappa shape index (κ2) is 8.57. The summed E-state index contributed by atoms with van der Waals surface area (Å²) in [5.41, 5.74) is 4.08. The van der Waals surface area contributed by atoms with Crippen LogP contribution in [0.15, 0.2) is 42.1 Å². The molecule has 0 spiro atoms. The molecule has 1 aromatic carbocycles. The van der Waals surface area contributed by atoms with Crippen LogP contribution in [0.5, 0.6) is 0 Å². The Labute approximate surface area is 197 Å². The summed E-state index contributed by atoms with van der Waals surface area (Å²) in [7, 11) is 0. The van der Waals surface area contributed by atoms with Crippen LogP contribution in [-0.4, -0.2) is 45.5 Å². The lowest BCUT2D eigenvalue weighted by molar-refractivity contribution is -0.124. The van der Waals surface area contributed by atoms with E-state index in [1.165, 1.54) is 18.4 Å². The van der Waals surface area contributed by atoms with Crippen molar-refractivity contribution >= 4 is 40.9 Å². The summed E-state index contributed by atoms with van der Waals surface area (Å²) < 4.78 is 1.75. The molecule has 9 nitrogen and oxygen atoms in total. The van der Waals surface area contributed by atoms with Gasteiger partial charge in [-0.3, -0.25) is 14.9 Å². The van der Waals surface area contributed by atoms with Crippen LogP contribution in [0.25, 0.3) is 11.7 Å². The van der Waals surface area contributed by atoms with E-state index in [4.69, 9.17) is 4.98 Å². The molecule has 2 aromatic heterocycles. The average Bonchev–Trinajstić information content (AvgIpc) is 3.48. The smallest absolute Gasteiger partial charge is 0.254 e. The van der Waals surface area contributed by atoms with Gasteiger partial charge in [0.25, 0.3) is 5.91 Å². The van der Waals surface area contributed by atoms with Crippen molar-refractivity contribution in [2.75, 3.05) is 23.7 Å². The number of benzene rings is 1. The quantitative estimate of drug-likeness (QED) is 0.333. The largest absolute Gasteiger partial charge is 0.367 e. The van der Waals surface area contributed by atoms with Crippen molar-refractivity contribution in [1.29, 1.82) is 0 Å². The van der Waals surface area contributed by atoms with Crippen molar-refractivity contribution in [2.45, 2.75) is 44.1 Å². The minimum absolute atomic E-state index is 0.0741. The van der Waals surface area contributed by atoms with E-state index in [0.29, 0.717) is 34.6 Å². The molecule has 2 aliphatic heterocycles. The number of anilines is 3. The normalized spacial score (nSPS) is 20.2. The number of carbonyl (C=O) groups excluding carboxylic acids is 2. The van der Waals surface area contributed by atoms with Gasteiger partial charge in [0, 0.05) is 28.9 Å². The Bertz CT molecular complexity index is 1280. The maximum Gasteiger partial charge on any atom is 0.254 e. The second-order valence-corrected chi connectivity index (χ2v) is 9.28. The van der Waals surface area contributed by atoms with Crippen molar-refractivity contribution in [3.05, 3.63) is 53.2 Å². The van der Waals surface area contributed by atoms with Crippen LogP contribution in [0.2, 0.25) is 0 Å². The van der Waals surface area contributed by atoms with E-state index in [9.17, 15) is 9.59 Å². The third-order valence-corrected chi connectivity index (χ3v) is 6.65. The van der Waals surface area contributed by atoms with Crippen molar-refractivity contribution in [2.24, 2.45) is 0 Å². The van der Waals surface area contributed by atoms with Crippen LogP contribution in [-0.2, 0) is 9.59 Å². The first kappa shape index (κ1) is 20.9. The van der Waals surface area contributed by atoms with Crippen LogP contribution >= 0.6 is 0 Å². The lowest BCUT2D eigenvalue weighted by Crippen LogP contribution is -2.26. The highest BCUT2D eigenvalue weighted by Crippen LogP contribution is 2.30. The topological polar surface area (TPSA) is 112 Å². The van der Waals surface area contributed by atoms with Crippen molar-refractivity contribution in [3.63, 3.8) is 0 Å². The number of fused-ring (bicyclic) bond motifs is 1. The fraction of sp³-hybridized carbons (Fsp3) is 0.360. The van der Waals surface area contributed by atoms with Crippen molar-refractivity contribution < 1.29 is 9.59 Å². The first-order valence-electron chi connectivity index (χ1n) is 11.9. The third-order valence-electron chi connectivity index (χ3n) is 6.65. The van der Waals surface area contributed by atoms with Crippen LogP contribution in [0, 0.1) is 0 Å². The third kappa shape index (κ3) is 4.26. The Morgan fingerprint density at radius 2 is 1.85 bits per heavy atom. The van der Waals surface area contributed by atoms with Gasteiger partial charge in [-0.2, -0.15) is 9.61 Å². The molecular weight excluding hydrogens is 430 g/mol. The molecule has 34 heavy (non-hydrogen) atoms. The van der Waals surface area contributed by atoms with Crippen LogP contribution in [0.3, 0.4) is 0 Å². The van der Waals surface area contributed by atoms with Gasteiger partial charge in [0.2, 0.25) is 5.91 Å². The van der Waals surface area contributed by atoms with Gasteiger partial charge in [-0.05, 0) is 68.5 Å². The van der Waals surface area contributed by atoms with E-state index in [1.54, 1.807) is 16.8 Å². The molecule has 6 rings (SSSR count). The van der Waals surface area contributed by atoms with E-state index >= 15 is 0 Å². The van der Waals surface area contributed by atoms with Gasteiger partial charge in [0.1, 0.15) is 11.6 Å². The lowest BCUT2D eigenvalue weighted by atomic mass is 9.90. The fourth-order valence-electron chi connectivity index (χ4n) is 4.64. The Balaban J connectivity index is 1.31. The van der Waals surface area contributed by atoms with Gasteiger partial charge in [-0.15, -0.1) is 0 Å².